The summed E-state index contributed by atoms with van der Waals surface area (Å²) in [4.78, 5) is 12.2. The molecule has 0 aliphatic rings. The van der Waals surface area contributed by atoms with Crippen LogP contribution in [0.4, 0.5) is 5.69 Å². The molecule has 29 heavy (non-hydrogen) atoms. The van der Waals surface area contributed by atoms with Gasteiger partial charge in [0.15, 0.2) is 17.1 Å². The topological polar surface area (TPSA) is 69.0 Å². The van der Waals surface area contributed by atoms with Crippen LogP contribution in [0.3, 0.4) is 0 Å². The highest BCUT2D eigenvalue weighted by Crippen LogP contribution is 2.27. The number of carbonyl (C=O) groups is 1. The maximum Gasteiger partial charge on any atom is 0.234 e. The van der Waals surface area contributed by atoms with Gasteiger partial charge in [-0.2, -0.15) is 0 Å². The van der Waals surface area contributed by atoms with E-state index in [1.165, 1.54) is 11.8 Å². The molecule has 0 bridgehead atoms. The molecule has 3 aromatic rings. The number of thioether (sulfide) groups is 1. The van der Waals surface area contributed by atoms with Crippen LogP contribution >= 0.6 is 46.6 Å². The third kappa shape index (κ3) is 5.79. The number of carbonyl (C=O) groups excluding carboxylic acids is 1. The van der Waals surface area contributed by atoms with Crippen molar-refractivity contribution in [1.29, 1.82) is 0 Å². The van der Waals surface area contributed by atoms with Crippen LogP contribution in [0, 0.1) is 0 Å². The van der Waals surface area contributed by atoms with Crippen molar-refractivity contribution in [2.24, 2.45) is 7.05 Å². The molecule has 0 aliphatic heterocycles. The van der Waals surface area contributed by atoms with Gasteiger partial charge in [-0.05, 0) is 43.3 Å². The molecule has 0 radical (unpaired) electrons. The van der Waals surface area contributed by atoms with Crippen molar-refractivity contribution >= 4 is 58.2 Å². The molecular weight excluding hydrogens is 455 g/mol. The summed E-state index contributed by atoms with van der Waals surface area (Å²) in [5.41, 5.74) is 0.465. The Morgan fingerprint density at radius 2 is 1.93 bits per heavy atom. The van der Waals surface area contributed by atoms with E-state index >= 15 is 0 Å². The number of hydrogen-bond donors (Lipinski definition) is 1. The first kappa shape index (κ1) is 21.8. The largest absolute Gasteiger partial charge is 0.483 e. The smallest absolute Gasteiger partial charge is 0.234 e. The van der Waals surface area contributed by atoms with Crippen LogP contribution in [0.25, 0.3) is 0 Å². The highest BCUT2D eigenvalue weighted by atomic mass is 35.5. The van der Waals surface area contributed by atoms with Gasteiger partial charge in [0.05, 0.1) is 16.5 Å². The van der Waals surface area contributed by atoms with Crippen LogP contribution in [0.1, 0.15) is 18.9 Å². The molecule has 1 aromatic heterocycles. The molecule has 2 aromatic carbocycles. The standard InChI is InChI=1S/C19H17Cl3N4O2S/c1-11(28-14-5-3-4-12(20)8-14)18-24-25-19(26(18)2)29-10-17(27)23-16-9-13(21)6-7-15(16)22/h3-9,11H,10H2,1-2H3,(H,23,27). The molecule has 6 nitrogen and oxygen atoms in total. The maximum atomic E-state index is 12.2. The Hall–Kier alpha value is -1.93. The van der Waals surface area contributed by atoms with Gasteiger partial charge >= 0.3 is 0 Å². The number of benzene rings is 2. The SMILES string of the molecule is CC(Oc1cccc(Cl)c1)c1nnc(SCC(=O)Nc2cc(Cl)ccc2Cl)n1C. The van der Waals surface area contributed by atoms with Crippen molar-refractivity contribution < 1.29 is 9.53 Å². The van der Waals surface area contributed by atoms with E-state index in [4.69, 9.17) is 39.5 Å². The number of hydrogen-bond acceptors (Lipinski definition) is 5. The Balaban J connectivity index is 1.60. The van der Waals surface area contributed by atoms with Crippen LogP contribution < -0.4 is 10.1 Å². The van der Waals surface area contributed by atoms with Crippen LogP contribution in [0.15, 0.2) is 47.6 Å². The van der Waals surface area contributed by atoms with E-state index in [1.54, 1.807) is 34.9 Å². The molecule has 0 fully saturated rings. The van der Waals surface area contributed by atoms with Crippen molar-refractivity contribution in [2.75, 3.05) is 11.1 Å². The Morgan fingerprint density at radius 1 is 1.17 bits per heavy atom. The lowest BCUT2D eigenvalue weighted by atomic mass is 10.3. The van der Waals surface area contributed by atoms with Crippen molar-refractivity contribution in [3.63, 3.8) is 0 Å². The summed E-state index contributed by atoms with van der Waals surface area (Å²) in [5, 5.41) is 13.2. The Morgan fingerprint density at radius 3 is 2.69 bits per heavy atom. The first-order chi connectivity index (χ1) is 13.8. The number of halogens is 3. The van der Waals surface area contributed by atoms with Gasteiger partial charge in [-0.1, -0.05) is 52.6 Å². The van der Waals surface area contributed by atoms with Crippen molar-refractivity contribution in [2.45, 2.75) is 18.2 Å². The summed E-state index contributed by atoms with van der Waals surface area (Å²) in [5.74, 6) is 1.18. The van der Waals surface area contributed by atoms with E-state index in [1.807, 2.05) is 26.1 Å². The van der Waals surface area contributed by atoms with E-state index in [9.17, 15) is 4.79 Å². The lowest BCUT2D eigenvalue weighted by Gasteiger charge is -2.14. The number of rotatable bonds is 7. The number of aromatic nitrogens is 3. The quantitative estimate of drug-likeness (QED) is 0.451. The van der Waals surface area contributed by atoms with E-state index in [-0.39, 0.29) is 17.8 Å². The summed E-state index contributed by atoms with van der Waals surface area (Å²) in [6.45, 7) is 1.87. The molecule has 1 unspecified atom stereocenters. The van der Waals surface area contributed by atoms with E-state index in [0.717, 1.165) is 0 Å². The average molecular weight is 472 g/mol. The molecule has 0 spiro atoms. The minimum atomic E-state index is -0.348. The van der Waals surface area contributed by atoms with Gasteiger partial charge in [0.1, 0.15) is 5.75 Å². The monoisotopic (exact) mass is 470 g/mol. The number of anilines is 1. The summed E-state index contributed by atoms with van der Waals surface area (Å²) >= 11 is 19.2. The fraction of sp³-hybridized carbons (Fsp3) is 0.211. The van der Waals surface area contributed by atoms with Crippen LogP contribution in [0.2, 0.25) is 15.1 Å². The van der Waals surface area contributed by atoms with Gasteiger partial charge in [-0.25, -0.2) is 0 Å². The number of ether oxygens (including phenoxy) is 1. The lowest BCUT2D eigenvalue weighted by molar-refractivity contribution is -0.113. The minimum Gasteiger partial charge on any atom is -0.483 e. The predicted octanol–water partition coefficient (Wildman–Crippen LogP) is 5.65. The highest BCUT2D eigenvalue weighted by molar-refractivity contribution is 7.99. The van der Waals surface area contributed by atoms with E-state index in [0.29, 0.717) is 37.5 Å². The molecule has 152 valence electrons. The van der Waals surface area contributed by atoms with Crippen molar-refractivity contribution in [3.8, 4) is 5.75 Å². The lowest BCUT2D eigenvalue weighted by Crippen LogP contribution is -2.15. The second kappa shape index (κ2) is 9.71. The van der Waals surface area contributed by atoms with Gasteiger partial charge in [0.25, 0.3) is 0 Å². The van der Waals surface area contributed by atoms with Crippen LogP contribution in [-0.4, -0.2) is 26.4 Å². The van der Waals surface area contributed by atoms with Crippen LogP contribution in [0.5, 0.6) is 5.75 Å². The van der Waals surface area contributed by atoms with Crippen molar-refractivity contribution in [3.05, 3.63) is 63.4 Å². The molecular formula is C19H17Cl3N4O2S. The highest BCUT2D eigenvalue weighted by Gasteiger charge is 2.18. The van der Waals surface area contributed by atoms with Crippen LogP contribution in [-0.2, 0) is 11.8 Å². The molecule has 0 saturated carbocycles. The molecule has 0 aliphatic carbocycles. The molecule has 1 N–H and O–H groups in total. The first-order valence-electron chi connectivity index (χ1n) is 8.52. The van der Waals surface area contributed by atoms with Gasteiger partial charge < -0.3 is 14.6 Å². The zero-order valence-corrected chi connectivity index (χ0v) is 18.6. The van der Waals surface area contributed by atoms with Gasteiger partial charge in [-0.3, -0.25) is 4.79 Å². The number of nitrogens with one attached hydrogen (secondary N) is 1. The summed E-state index contributed by atoms with van der Waals surface area (Å²) in [6, 6.07) is 12.0. The van der Waals surface area contributed by atoms with E-state index < -0.39 is 0 Å². The minimum absolute atomic E-state index is 0.137. The molecule has 1 atom stereocenters. The number of amides is 1. The zero-order chi connectivity index (χ0) is 21.0. The third-order valence-corrected chi connectivity index (χ3v) is 5.70. The predicted molar refractivity (Wildman–Crippen MR) is 117 cm³/mol. The number of nitrogens with zero attached hydrogens (tertiary/aromatic N) is 3. The molecule has 1 heterocycles. The molecule has 0 saturated heterocycles. The normalized spacial score (nSPS) is 11.9. The molecule has 10 heteroatoms. The van der Waals surface area contributed by atoms with Crippen molar-refractivity contribution in [1.82, 2.24) is 14.8 Å². The summed E-state index contributed by atoms with van der Waals surface area (Å²) < 4.78 is 7.67. The Kier molecular flexibility index (Phi) is 7.29. The van der Waals surface area contributed by atoms with Gasteiger partial charge in [0, 0.05) is 17.1 Å². The second-order valence-electron chi connectivity index (χ2n) is 6.08. The fourth-order valence-corrected chi connectivity index (χ4v) is 3.75. The van der Waals surface area contributed by atoms with E-state index in [2.05, 4.69) is 15.5 Å². The Bertz CT molecular complexity index is 1030. The van der Waals surface area contributed by atoms with Gasteiger partial charge in [0.2, 0.25) is 5.91 Å². The summed E-state index contributed by atoms with van der Waals surface area (Å²) in [6.07, 6.45) is -0.348. The zero-order valence-electron chi connectivity index (χ0n) is 15.5. The maximum absolute atomic E-state index is 12.2. The van der Waals surface area contributed by atoms with Gasteiger partial charge in [-0.15, -0.1) is 10.2 Å². The fourth-order valence-electron chi connectivity index (χ4n) is 2.51. The summed E-state index contributed by atoms with van der Waals surface area (Å²) in [7, 11) is 1.82. The second-order valence-corrected chi connectivity index (χ2v) is 8.30. The Labute approximate surface area is 187 Å². The third-order valence-electron chi connectivity index (χ3n) is 3.88. The average Bonchev–Trinajstić information content (AvgIpc) is 3.04. The first-order valence-corrected chi connectivity index (χ1v) is 10.6. The molecule has 1 amide bonds. The molecule has 3 rings (SSSR count).